The highest BCUT2D eigenvalue weighted by Crippen LogP contribution is 2.69. The minimum absolute atomic E-state index is 0.0767. The molecule has 4 aliphatic carbocycles. The zero-order chi connectivity index (χ0) is 26.6. The van der Waals surface area contributed by atoms with Crippen LogP contribution in [0.2, 0.25) is 0 Å². The van der Waals surface area contributed by atoms with E-state index in [2.05, 4.69) is 0 Å². The SMILES string of the molecule is CCC(=O)OCC(=O)[C@@]1(OC(=O)CC)[C@H](C)C[C@H]2[C@@H]3[C@H]([C@@H](O)C[C@@]21C)[C@@]1(C)C=CC(=O)C=C1C[C@H]3Cl. The Kier molecular flexibility index (Phi) is 7.06. The van der Waals surface area contributed by atoms with Crippen LogP contribution in [0, 0.1) is 34.5 Å². The number of fused-ring (bicyclic) bond motifs is 5. The number of carbonyl (C=O) groups excluding carboxylic acids is 4. The highest BCUT2D eigenvalue weighted by molar-refractivity contribution is 6.21. The number of halogens is 1. The molecule has 198 valence electrons. The number of hydrogen-bond acceptors (Lipinski definition) is 7. The Morgan fingerprint density at radius 2 is 1.83 bits per heavy atom. The summed E-state index contributed by atoms with van der Waals surface area (Å²) in [6.07, 6.45) is 5.79. The van der Waals surface area contributed by atoms with E-state index in [1.54, 1.807) is 26.0 Å². The summed E-state index contributed by atoms with van der Waals surface area (Å²) in [5.41, 5.74) is -2.06. The zero-order valence-corrected chi connectivity index (χ0v) is 22.5. The van der Waals surface area contributed by atoms with Crippen molar-refractivity contribution in [2.45, 2.75) is 83.8 Å². The third-order valence-corrected chi connectivity index (χ3v) is 10.1. The second-order valence-corrected chi connectivity index (χ2v) is 12.0. The van der Waals surface area contributed by atoms with Crippen LogP contribution in [-0.4, -0.2) is 52.3 Å². The molecule has 0 bridgehead atoms. The summed E-state index contributed by atoms with van der Waals surface area (Å²) in [5, 5.41) is 11.4. The number of ether oxygens (including phenoxy) is 2. The molecule has 0 radical (unpaired) electrons. The fourth-order valence-corrected chi connectivity index (χ4v) is 8.54. The summed E-state index contributed by atoms with van der Waals surface area (Å²) in [6.45, 7) is 8.69. The summed E-state index contributed by atoms with van der Waals surface area (Å²) in [4.78, 5) is 50.5. The van der Waals surface area contributed by atoms with Crippen molar-refractivity contribution in [2.24, 2.45) is 34.5 Å². The molecule has 0 aromatic carbocycles. The van der Waals surface area contributed by atoms with Gasteiger partial charge in [0.1, 0.15) is 0 Å². The van der Waals surface area contributed by atoms with E-state index in [-0.39, 0.29) is 54.1 Å². The molecule has 0 amide bonds. The normalized spacial score (nSPS) is 43.1. The highest BCUT2D eigenvalue weighted by atomic mass is 35.5. The monoisotopic (exact) mass is 520 g/mol. The molecule has 0 aliphatic heterocycles. The maximum atomic E-state index is 13.9. The van der Waals surface area contributed by atoms with Gasteiger partial charge in [0.05, 0.1) is 6.10 Å². The van der Waals surface area contributed by atoms with Gasteiger partial charge in [-0.25, -0.2) is 0 Å². The van der Waals surface area contributed by atoms with Crippen LogP contribution >= 0.6 is 11.6 Å². The molecule has 3 fully saturated rings. The highest BCUT2D eigenvalue weighted by Gasteiger charge is 2.73. The minimum atomic E-state index is -1.54. The van der Waals surface area contributed by atoms with Gasteiger partial charge < -0.3 is 14.6 Å². The molecule has 4 aliphatic rings. The Hall–Kier alpha value is -1.99. The zero-order valence-electron chi connectivity index (χ0n) is 21.7. The maximum Gasteiger partial charge on any atom is 0.306 e. The van der Waals surface area contributed by atoms with Crippen LogP contribution in [0.5, 0.6) is 0 Å². The van der Waals surface area contributed by atoms with E-state index >= 15 is 0 Å². The number of hydrogen-bond donors (Lipinski definition) is 1. The fourth-order valence-electron chi connectivity index (χ4n) is 8.04. The molecule has 0 spiro atoms. The van der Waals surface area contributed by atoms with Crippen LogP contribution in [0.15, 0.2) is 23.8 Å². The Bertz CT molecular complexity index is 1030. The van der Waals surface area contributed by atoms with E-state index in [1.165, 1.54) is 0 Å². The Morgan fingerprint density at radius 3 is 2.47 bits per heavy atom. The molecule has 0 aromatic rings. The molecule has 3 saturated carbocycles. The van der Waals surface area contributed by atoms with E-state index in [4.69, 9.17) is 21.1 Å². The second-order valence-electron chi connectivity index (χ2n) is 11.4. The van der Waals surface area contributed by atoms with Crippen molar-refractivity contribution < 1.29 is 33.8 Å². The predicted molar refractivity (Wildman–Crippen MR) is 133 cm³/mol. The van der Waals surface area contributed by atoms with Crippen molar-refractivity contribution in [3.8, 4) is 0 Å². The molecule has 8 heteroatoms. The first-order valence-corrected chi connectivity index (χ1v) is 13.5. The summed E-state index contributed by atoms with van der Waals surface area (Å²) in [5.74, 6) is -2.44. The molecule has 0 heterocycles. The predicted octanol–water partition coefficient (Wildman–Crippen LogP) is 3.94. The first-order valence-electron chi connectivity index (χ1n) is 13.0. The quantitative estimate of drug-likeness (QED) is 0.417. The van der Waals surface area contributed by atoms with Crippen LogP contribution in [0.3, 0.4) is 0 Å². The summed E-state index contributed by atoms with van der Waals surface area (Å²) in [6, 6.07) is 0. The molecule has 7 nitrogen and oxygen atoms in total. The number of aliphatic hydroxyl groups excluding tert-OH is 1. The van der Waals surface area contributed by atoms with E-state index in [1.807, 2.05) is 26.8 Å². The van der Waals surface area contributed by atoms with Gasteiger partial charge in [0.25, 0.3) is 0 Å². The van der Waals surface area contributed by atoms with Crippen LogP contribution in [-0.2, 0) is 28.7 Å². The van der Waals surface area contributed by atoms with Crippen LogP contribution < -0.4 is 0 Å². The molecule has 0 aromatic heterocycles. The lowest BCUT2D eigenvalue weighted by Gasteiger charge is -2.61. The third-order valence-electron chi connectivity index (χ3n) is 9.65. The number of carbonyl (C=O) groups is 4. The van der Waals surface area contributed by atoms with E-state index in [0.717, 1.165) is 5.57 Å². The van der Waals surface area contributed by atoms with Gasteiger partial charge in [0, 0.05) is 40.9 Å². The molecule has 36 heavy (non-hydrogen) atoms. The number of ketones is 2. The number of Topliss-reactive ketones (excluding diaryl/α,β-unsaturated/α-hetero) is 1. The lowest BCUT2D eigenvalue weighted by atomic mass is 9.46. The number of esters is 2. The topological polar surface area (TPSA) is 107 Å². The summed E-state index contributed by atoms with van der Waals surface area (Å²) < 4.78 is 11.3. The van der Waals surface area contributed by atoms with Gasteiger partial charge in [-0.05, 0) is 43.3 Å². The summed E-state index contributed by atoms with van der Waals surface area (Å²) >= 11 is 7.04. The molecule has 9 atom stereocenters. The number of alkyl halides is 1. The van der Waals surface area contributed by atoms with Crippen LogP contribution in [0.25, 0.3) is 0 Å². The molecule has 0 saturated heterocycles. The van der Waals surface area contributed by atoms with Gasteiger partial charge in [-0.2, -0.15) is 0 Å². The molecule has 1 N–H and O–H groups in total. The first-order chi connectivity index (χ1) is 16.9. The lowest BCUT2D eigenvalue weighted by Crippen LogP contribution is -2.65. The van der Waals surface area contributed by atoms with Crippen molar-refractivity contribution in [3.05, 3.63) is 23.8 Å². The second kappa shape index (κ2) is 9.39. The van der Waals surface area contributed by atoms with Crippen molar-refractivity contribution in [1.29, 1.82) is 0 Å². The van der Waals surface area contributed by atoms with Gasteiger partial charge in [0.2, 0.25) is 5.78 Å². The largest absolute Gasteiger partial charge is 0.457 e. The standard InChI is InChI=1S/C28H37ClO7/c1-6-22(33)35-14-21(32)28(36-23(34)7-2)15(3)10-18-24-19(29)12-16-11-17(30)8-9-26(16,4)25(24)20(31)13-27(18,28)5/h8-9,11,15,18-20,24-25,31H,6-7,10,12-14H2,1-5H3/t15-,18+,19-,20+,24+,25+,26+,27+,28+/m1/s1. The first kappa shape index (κ1) is 27.1. The van der Waals surface area contributed by atoms with E-state index in [0.29, 0.717) is 12.8 Å². The van der Waals surface area contributed by atoms with Crippen LogP contribution in [0.4, 0.5) is 0 Å². The van der Waals surface area contributed by atoms with Crippen molar-refractivity contribution in [1.82, 2.24) is 0 Å². The molecule has 0 unspecified atom stereocenters. The Labute approximate surface area is 217 Å². The fraction of sp³-hybridized carbons (Fsp3) is 0.714. The lowest BCUT2D eigenvalue weighted by molar-refractivity contribution is -0.205. The van der Waals surface area contributed by atoms with Gasteiger partial charge in [-0.3, -0.25) is 19.2 Å². The molecular formula is C28H37ClO7. The van der Waals surface area contributed by atoms with Crippen molar-refractivity contribution in [3.63, 3.8) is 0 Å². The molecule has 4 rings (SSSR count). The van der Waals surface area contributed by atoms with Gasteiger partial charge in [0.15, 0.2) is 18.0 Å². The van der Waals surface area contributed by atoms with Crippen molar-refractivity contribution in [2.75, 3.05) is 6.61 Å². The maximum absolute atomic E-state index is 13.9. The van der Waals surface area contributed by atoms with Crippen molar-refractivity contribution >= 4 is 35.1 Å². The minimum Gasteiger partial charge on any atom is -0.457 e. The number of aliphatic hydroxyl groups is 1. The number of rotatable bonds is 6. The Morgan fingerprint density at radius 1 is 1.17 bits per heavy atom. The van der Waals surface area contributed by atoms with Crippen LogP contribution in [0.1, 0.15) is 66.7 Å². The van der Waals surface area contributed by atoms with Gasteiger partial charge >= 0.3 is 11.9 Å². The summed E-state index contributed by atoms with van der Waals surface area (Å²) in [7, 11) is 0. The molecular weight excluding hydrogens is 484 g/mol. The van der Waals surface area contributed by atoms with Gasteiger partial charge in [-0.1, -0.05) is 46.3 Å². The van der Waals surface area contributed by atoms with E-state index < -0.39 is 46.9 Å². The third kappa shape index (κ3) is 3.80. The number of allylic oxidation sites excluding steroid dienone is 4. The average Bonchev–Trinajstić information content (AvgIpc) is 3.04. The Balaban J connectivity index is 1.79. The van der Waals surface area contributed by atoms with E-state index in [9.17, 15) is 24.3 Å². The average molecular weight is 521 g/mol. The van der Waals surface area contributed by atoms with Gasteiger partial charge in [-0.15, -0.1) is 11.6 Å². The smallest absolute Gasteiger partial charge is 0.306 e.